The van der Waals surface area contributed by atoms with Crippen molar-refractivity contribution >= 4 is 23.5 Å². The molecule has 0 radical (unpaired) electrons. The second-order valence-electron chi connectivity index (χ2n) is 12.2. The monoisotopic (exact) mass is 574 g/mol. The number of aliphatic hydroxyl groups excluding tert-OH is 1. The second kappa shape index (κ2) is 9.87. The van der Waals surface area contributed by atoms with Gasteiger partial charge in [0.25, 0.3) is 5.91 Å². The number of methoxy groups -OCH3 is 1. The number of ether oxygens (including phenoxy) is 2. The van der Waals surface area contributed by atoms with Crippen LogP contribution in [0.2, 0.25) is 0 Å². The first-order valence-corrected chi connectivity index (χ1v) is 14.0. The molecular formula is C31H34N4O7. The zero-order valence-electron chi connectivity index (χ0n) is 24.1. The summed E-state index contributed by atoms with van der Waals surface area (Å²) in [4.78, 5) is 44.4. The molecule has 0 fully saturated rings. The third-order valence-corrected chi connectivity index (χ3v) is 8.33. The standard InChI is InChI=1S/C31H34N4O7/c1-15-12-16-10-11-21-18(13-16)31(17-8-6-7-9-19(17)33-29(31)41-21)24-22(26(38)32-20(14-36)28(39)40-5)34-27(42-24)23(30(2,3)4)35-25(15)37/h6-11,13,15,20,23,29,33,36H,12,14H2,1-5H3,(H,32,38)(H,35,37)/t15-,20-,23+,29+,31-/m0/s1. The molecule has 1 aromatic heterocycles. The molecule has 3 aromatic rings. The Kier molecular flexibility index (Phi) is 6.53. The SMILES string of the molecule is COC(=O)[C@H](CO)NC(=O)c1nc2oc1[C@@]13c4ccccc4N[C@@H]1Oc1ccc(cc13)C[C@H](C)C(=O)N[C@H]2C(C)(C)C. The number of hydrogen-bond acceptors (Lipinski definition) is 9. The summed E-state index contributed by atoms with van der Waals surface area (Å²) in [5.74, 6) is -1.13. The zero-order chi connectivity index (χ0) is 30.0. The molecule has 3 aliphatic heterocycles. The van der Waals surface area contributed by atoms with Crippen molar-refractivity contribution in [3.8, 4) is 5.75 Å². The third kappa shape index (κ3) is 4.13. The van der Waals surface area contributed by atoms with Gasteiger partial charge in [0.05, 0.1) is 13.7 Å². The summed E-state index contributed by atoms with van der Waals surface area (Å²) in [5, 5.41) is 18.9. The normalized spacial score (nSPS) is 24.5. The lowest BCUT2D eigenvalue weighted by molar-refractivity contribution is -0.143. The van der Waals surface area contributed by atoms with Crippen LogP contribution in [0.5, 0.6) is 5.75 Å². The Bertz CT molecular complexity index is 1590. The first-order valence-electron chi connectivity index (χ1n) is 14.0. The number of benzene rings is 2. The van der Waals surface area contributed by atoms with Gasteiger partial charge in [-0.25, -0.2) is 9.78 Å². The molecule has 0 aliphatic carbocycles. The molecule has 0 saturated heterocycles. The number of nitrogens with zero attached hydrogens (tertiary/aromatic N) is 1. The van der Waals surface area contributed by atoms with E-state index in [1.165, 1.54) is 7.11 Å². The lowest BCUT2D eigenvalue weighted by Crippen LogP contribution is -2.46. The average Bonchev–Trinajstić information content (AvgIpc) is 3.62. The molecule has 0 unspecified atom stereocenters. The van der Waals surface area contributed by atoms with Crippen molar-refractivity contribution in [1.82, 2.24) is 15.6 Å². The summed E-state index contributed by atoms with van der Waals surface area (Å²) in [6.07, 6.45) is -0.187. The molecular weight excluding hydrogens is 540 g/mol. The van der Waals surface area contributed by atoms with Crippen LogP contribution in [0.1, 0.15) is 72.6 Å². The topological polar surface area (TPSA) is 152 Å². The number of anilines is 1. The van der Waals surface area contributed by atoms with Crippen LogP contribution in [0.15, 0.2) is 46.9 Å². The second-order valence-corrected chi connectivity index (χ2v) is 12.2. The van der Waals surface area contributed by atoms with Gasteiger partial charge < -0.3 is 34.9 Å². The van der Waals surface area contributed by atoms with Gasteiger partial charge in [0.15, 0.2) is 23.7 Å². The Morgan fingerprint density at radius 2 is 1.95 bits per heavy atom. The molecule has 220 valence electrons. The van der Waals surface area contributed by atoms with Crippen molar-refractivity contribution in [1.29, 1.82) is 0 Å². The maximum atomic E-state index is 14.0. The number of hydrogen-bond donors (Lipinski definition) is 4. The first kappa shape index (κ1) is 27.8. The van der Waals surface area contributed by atoms with Crippen LogP contribution in [0.4, 0.5) is 5.69 Å². The van der Waals surface area contributed by atoms with E-state index in [1.54, 1.807) is 0 Å². The number of oxazole rings is 1. The van der Waals surface area contributed by atoms with Gasteiger partial charge in [0, 0.05) is 17.2 Å². The highest BCUT2D eigenvalue weighted by Gasteiger charge is 2.61. The van der Waals surface area contributed by atoms with Gasteiger partial charge >= 0.3 is 5.97 Å². The van der Waals surface area contributed by atoms with E-state index in [9.17, 15) is 19.5 Å². The van der Waals surface area contributed by atoms with Gasteiger partial charge in [0.1, 0.15) is 17.2 Å². The molecule has 11 heteroatoms. The van der Waals surface area contributed by atoms with E-state index in [0.29, 0.717) is 12.2 Å². The highest BCUT2D eigenvalue weighted by atomic mass is 16.5. The molecule has 0 saturated carbocycles. The highest BCUT2D eigenvalue weighted by molar-refractivity contribution is 5.97. The van der Waals surface area contributed by atoms with Crippen LogP contribution in [0.3, 0.4) is 0 Å². The summed E-state index contributed by atoms with van der Waals surface area (Å²) in [7, 11) is 1.17. The zero-order valence-corrected chi connectivity index (χ0v) is 24.1. The van der Waals surface area contributed by atoms with Crippen molar-refractivity contribution in [3.63, 3.8) is 0 Å². The van der Waals surface area contributed by atoms with Gasteiger partial charge in [0.2, 0.25) is 11.8 Å². The van der Waals surface area contributed by atoms with Crippen LogP contribution in [-0.2, 0) is 26.2 Å². The lowest BCUT2D eigenvalue weighted by Gasteiger charge is -2.31. The fourth-order valence-corrected chi connectivity index (χ4v) is 6.16. The number of aromatic nitrogens is 1. The van der Waals surface area contributed by atoms with Crippen molar-refractivity contribution in [2.75, 3.05) is 19.0 Å². The molecule has 2 aromatic carbocycles. The third-order valence-electron chi connectivity index (χ3n) is 8.33. The lowest BCUT2D eigenvalue weighted by atomic mass is 9.72. The van der Waals surface area contributed by atoms with E-state index in [2.05, 4.69) is 16.0 Å². The van der Waals surface area contributed by atoms with E-state index in [0.717, 1.165) is 22.4 Å². The van der Waals surface area contributed by atoms with E-state index >= 15 is 0 Å². The van der Waals surface area contributed by atoms with Crippen molar-refractivity contribution in [3.05, 3.63) is 76.5 Å². The largest absolute Gasteiger partial charge is 0.469 e. The molecule has 42 heavy (non-hydrogen) atoms. The predicted octanol–water partition coefficient (Wildman–Crippen LogP) is 2.81. The van der Waals surface area contributed by atoms with Crippen molar-refractivity contribution in [2.24, 2.45) is 11.3 Å². The molecule has 4 heterocycles. The van der Waals surface area contributed by atoms with Crippen molar-refractivity contribution in [2.45, 2.75) is 57.8 Å². The number of nitrogens with one attached hydrogen (secondary N) is 3. The minimum Gasteiger partial charge on any atom is -0.469 e. The van der Waals surface area contributed by atoms with E-state index < -0.39 is 47.6 Å². The Morgan fingerprint density at radius 3 is 2.67 bits per heavy atom. The first-order chi connectivity index (χ1) is 20.0. The number of carbonyl (C=O) groups is 3. The Balaban J connectivity index is 1.65. The molecule has 3 aliphatic rings. The van der Waals surface area contributed by atoms with Gasteiger partial charge in [-0.15, -0.1) is 0 Å². The van der Waals surface area contributed by atoms with Crippen LogP contribution < -0.4 is 20.7 Å². The fraction of sp³-hybridized carbons (Fsp3) is 0.419. The van der Waals surface area contributed by atoms with Crippen LogP contribution in [0, 0.1) is 11.3 Å². The van der Waals surface area contributed by atoms with E-state index in [-0.39, 0.29) is 29.2 Å². The molecule has 4 N–H and O–H groups in total. The quantitative estimate of drug-likeness (QED) is 0.345. The smallest absolute Gasteiger partial charge is 0.330 e. The maximum Gasteiger partial charge on any atom is 0.330 e. The summed E-state index contributed by atoms with van der Waals surface area (Å²) >= 11 is 0. The van der Waals surface area contributed by atoms with E-state index in [1.807, 2.05) is 70.2 Å². The minimum absolute atomic E-state index is 0.0893. The van der Waals surface area contributed by atoms with Crippen LogP contribution in [0.25, 0.3) is 0 Å². The summed E-state index contributed by atoms with van der Waals surface area (Å²) in [5.41, 5.74) is 1.56. The van der Waals surface area contributed by atoms with E-state index in [4.69, 9.17) is 18.9 Å². The Hall–Kier alpha value is -4.38. The Morgan fingerprint density at radius 1 is 1.19 bits per heavy atom. The number of fused-ring (bicyclic) bond motifs is 4. The predicted molar refractivity (Wildman–Crippen MR) is 151 cm³/mol. The molecule has 4 bridgehead atoms. The number of rotatable bonds is 4. The maximum absolute atomic E-state index is 14.0. The van der Waals surface area contributed by atoms with Gasteiger partial charge in [-0.2, -0.15) is 0 Å². The minimum atomic E-state index is -1.32. The highest BCUT2D eigenvalue weighted by Crippen LogP contribution is 2.58. The number of amides is 2. The molecule has 6 rings (SSSR count). The molecule has 11 nitrogen and oxygen atoms in total. The van der Waals surface area contributed by atoms with Gasteiger partial charge in [-0.3, -0.25) is 9.59 Å². The molecule has 1 spiro atoms. The van der Waals surface area contributed by atoms with Crippen LogP contribution >= 0.6 is 0 Å². The van der Waals surface area contributed by atoms with Crippen molar-refractivity contribution < 1.29 is 33.4 Å². The van der Waals surface area contributed by atoms with Gasteiger partial charge in [-0.05, 0) is 35.1 Å². The van der Waals surface area contributed by atoms with Crippen LogP contribution in [-0.4, -0.2) is 53.9 Å². The summed E-state index contributed by atoms with van der Waals surface area (Å²) < 4.78 is 17.9. The number of para-hydroxylation sites is 1. The Labute approximate surface area is 243 Å². The summed E-state index contributed by atoms with van der Waals surface area (Å²) in [6.45, 7) is 7.04. The average molecular weight is 575 g/mol. The number of esters is 1. The van der Waals surface area contributed by atoms with Gasteiger partial charge in [-0.1, -0.05) is 58.0 Å². The molecule has 5 atom stereocenters. The number of carbonyl (C=O) groups excluding carboxylic acids is 3. The summed E-state index contributed by atoms with van der Waals surface area (Å²) in [6, 6.07) is 11.5. The number of aliphatic hydroxyl groups is 1. The molecule has 2 amide bonds. The fourth-order valence-electron chi connectivity index (χ4n) is 6.16.